The minimum absolute atomic E-state index is 0.00480. The molecule has 23 heavy (non-hydrogen) atoms. The summed E-state index contributed by atoms with van der Waals surface area (Å²) >= 11 is 0. The third-order valence-corrected chi connectivity index (χ3v) is 3.39. The summed E-state index contributed by atoms with van der Waals surface area (Å²) in [6, 6.07) is 6.94. The lowest BCUT2D eigenvalue weighted by molar-refractivity contribution is 0.0687. The molecule has 0 aliphatic rings. The van der Waals surface area contributed by atoms with Crippen LogP contribution in [-0.4, -0.2) is 23.1 Å². The molecule has 0 aliphatic carbocycles. The van der Waals surface area contributed by atoms with E-state index in [4.69, 9.17) is 10.5 Å². The zero-order chi connectivity index (χ0) is 17.2. The second-order valence-electron chi connectivity index (χ2n) is 6.19. The van der Waals surface area contributed by atoms with Gasteiger partial charge in [0.25, 0.3) is 0 Å². The fraction of sp³-hybridized carbons (Fsp3) is 0.294. The molecule has 0 unspecified atom stereocenters. The second-order valence-corrected chi connectivity index (χ2v) is 6.19. The lowest BCUT2D eigenvalue weighted by Crippen LogP contribution is -2.19. The van der Waals surface area contributed by atoms with Crippen molar-refractivity contribution in [2.75, 3.05) is 18.1 Å². The molecule has 0 radical (unpaired) electrons. The molecule has 1 aromatic heterocycles. The van der Waals surface area contributed by atoms with Crippen LogP contribution in [0, 0.1) is 0 Å². The van der Waals surface area contributed by atoms with Crippen molar-refractivity contribution >= 4 is 17.3 Å². The largest absolute Gasteiger partial charge is 0.476 e. The van der Waals surface area contributed by atoms with E-state index < -0.39 is 11.4 Å². The van der Waals surface area contributed by atoms with E-state index in [1.165, 1.54) is 6.20 Å². The van der Waals surface area contributed by atoms with Gasteiger partial charge < -0.3 is 20.9 Å². The Morgan fingerprint density at radius 3 is 2.52 bits per heavy atom. The van der Waals surface area contributed by atoms with Gasteiger partial charge in [-0.1, -0.05) is 20.8 Å². The molecule has 0 saturated carbocycles. The molecule has 0 spiro atoms. The smallest absolute Gasteiger partial charge is 0.354 e. The summed E-state index contributed by atoms with van der Waals surface area (Å²) in [5.41, 5.74) is 7.39. The standard InChI is InChI=1S/C17H21N3O3/c1-17(2,3)14-13(7-8-20-15(14)16(21)22)23-10-5-6-12(19-4)11(18)9-10/h5-9,19H,18H2,1-4H3,(H,21,22). The molecule has 0 aliphatic heterocycles. The summed E-state index contributed by atoms with van der Waals surface area (Å²) < 4.78 is 5.90. The lowest BCUT2D eigenvalue weighted by atomic mass is 9.85. The van der Waals surface area contributed by atoms with E-state index in [-0.39, 0.29) is 5.69 Å². The van der Waals surface area contributed by atoms with E-state index in [0.29, 0.717) is 22.7 Å². The summed E-state index contributed by atoms with van der Waals surface area (Å²) in [7, 11) is 1.78. The highest BCUT2D eigenvalue weighted by Crippen LogP contribution is 2.37. The number of nitrogens with two attached hydrogens (primary N) is 1. The van der Waals surface area contributed by atoms with Gasteiger partial charge in [-0.3, -0.25) is 0 Å². The van der Waals surface area contributed by atoms with Gasteiger partial charge in [0.05, 0.1) is 11.4 Å². The fourth-order valence-electron chi connectivity index (χ4n) is 2.38. The van der Waals surface area contributed by atoms with Crippen LogP contribution in [0.25, 0.3) is 0 Å². The number of hydrogen-bond donors (Lipinski definition) is 3. The van der Waals surface area contributed by atoms with Gasteiger partial charge in [0.2, 0.25) is 0 Å². The molecule has 122 valence electrons. The first-order valence-electron chi connectivity index (χ1n) is 7.22. The number of ether oxygens (including phenoxy) is 1. The Hall–Kier alpha value is -2.76. The van der Waals surface area contributed by atoms with Gasteiger partial charge in [0, 0.05) is 24.9 Å². The van der Waals surface area contributed by atoms with E-state index in [1.54, 1.807) is 31.3 Å². The summed E-state index contributed by atoms with van der Waals surface area (Å²) in [6.07, 6.45) is 1.43. The number of nitrogens with zero attached hydrogens (tertiary/aromatic N) is 1. The Kier molecular flexibility index (Phi) is 4.45. The van der Waals surface area contributed by atoms with Gasteiger partial charge in [-0.25, -0.2) is 9.78 Å². The number of aromatic carboxylic acids is 1. The molecule has 6 nitrogen and oxygen atoms in total. The molecule has 0 fully saturated rings. The van der Waals surface area contributed by atoms with Gasteiger partial charge >= 0.3 is 5.97 Å². The number of carbonyl (C=O) groups is 1. The number of rotatable bonds is 4. The molecule has 0 amide bonds. The lowest BCUT2D eigenvalue weighted by Gasteiger charge is -2.24. The zero-order valence-electron chi connectivity index (χ0n) is 13.7. The topological polar surface area (TPSA) is 97.5 Å². The molecule has 0 saturated heterocycles. The minimum Gasteiger partial charge on any atom is -0.476 e. The van der Waals surface area contributed by atoms with Gasteiger partial charge in [0.15, 0.2) is 5.69 Å². The zero-order valence-corrected chi connectivity index (χ0v) is 13.7. The first-order chi connectivity index (χ1) is 10.7. The third kappa shape index (κ3) is 3.53. The number of nitrogens with one attached hydrogen (secondary N) is 1. The number of benzene rings is 1. The molecule has 2 aromatic rings. The van der Waals surface area contributed by atoms with Crippen LogP contribution < -0.4 is 15.8 Å². The average Bonchev–Trinajstić information content (AvgIpc) is 2.46. The highest BCUT2D eigenvalue weighted by molar-refractivity contribution is 5.88. The van der Waals surface area contributed by atoms with Crippen LogP contribution in [0.2, 0.25) is 0 Å². The predicted octanol–water partition coefficient (Wildman–Crippen LogP) is 3.49. The first kappa shape index (κ1) is 16.6. The van der Waals surface area contributed by atoms with E-state index in [0.717, 1.165) is 5.69 Å². The van der Waals surface area contributed by atoms with E-state index in [1.807, 2.05) is 20.8 Å². The molecule has 2 rings (SSSR count). The highest BCUT2D eigenvalue weighted by Gasteiger charge is 2.27. The van der Waals surface area contributed by atoms with Crippen LogP contribution in [0.15, 0.2) is 30.5 Å². The number of aromatic nitrogens is 1. The van der Waals surface area contributed by atoms with Crippen molar-refractivity contribution < 1.29 is 14.6 Å². The van der Waals surface area contributed by atoms with Crippen molar-refractivity contribution in [2.24, 2.45) is 0 Å². The summed E-state index contributed by atoms with van der Waals surface area (Å²) in [5, 5.41) is 12.4. The van der Waals surface area contributed by atoms with E-state index in [9.17, 15) is 9.90 Å². The minimum atomic E-state index is -1.08. The van der Waals surface area contributed by atoms with Crippen LogP contribution in [-0.2, 0) is 5.41 Å². The van der Waals surface area contributed by atoms with Crippen molar-refractivity contribution in [2.45, 2.75) is 26.2 Å². The van der Waals surface area contributed by atoms with Crippen LogP contribution in [0.3, 0.4) is 0 Å². The quantitative estimate of drug-likeness (QED) is 0.747. The molecule has 4 N–H and O–H groups in total. The van der Waals surface area contributed by atoms with Gasteiger partial charge in [0.1, 0.15) is 11.5 Å². The first-order valence-corrected chi connectivity index (χ1v) is 7.22. The van der Waals surface area contributed by atoms with Crippen molar-refractivity contribution in [1.29, 1.82) is 0 Å². The van der Waals surface area contributed by atoms with E-state index >= 15 is 0 Å². The van der Waals surface area contributed by atoms with Crippen LogP contribution in [0.1, 0.15) is 36.8 Å². The van der Waals surface area contributed by atoms with Crippen LogP contribution in [0.5, 0.6) is 11.5 Å². The SMILES string of the molecule is CNc1ccc(Oc2ccnc(C(=O)O)c2C(C)(C)C)cc1N. The predicted molar refractivity (Wildman–Crippen MR) is 90.4 cm³/mol. The maximum Gasteiger partial charge on any atom is 0.354 e. The van der Waals surface area contributed by atoms with Crippen molar-refractivity contribution in [1.82, 2.24) is 4.98 Å². The molecular weight excluding hydrogens is 294 g/mol. The number of anilines is 2. The number of pyridine rings is 1. The second kappa shape index (κ2) is 6.16. The summed E-state index contributed by atoms with van der Waals surface area (Å²) in [5.74, 6) is -0.0820. The number of hydrogen-bond acceptors (Lipinski definition) is 5. The Balaban J connectivity index is 2.50. The van der Waals surface area contributed by atoms with E-state index in [2.05, 4.69) is 10.3 Å². The number of nitrogen functional groups attached to an aromatic ring is 1. The third-order valence-electron chi connectivity index (χ3n) is 3.39. The summed E-state index contributed by atoms with van der Waals surface area (Å²) in [6.45, 7) is 5.76. The Morgan fingerprint density at radius 1 is 1.30 bits per heavy atom. The van der Waals surface area contributed by atoms with Crippen molar-refractivity contribution in [3.8, 4) is 11.5 Å². The van der Waals surface area contributed by atoms with Gasteiger partial charge in [-0.15, -0.1) is 0 Å². The molecule has 6 heteroatoms. The monoisotopic (exact) mass is 315 g/mol. The van der Waals surface area contributed by atoms with Gasteiger partial charge in [-0.2, -0.15) is 0 Å². The Labute approximate surface area is 135 Å². The molecular formula is C17H21N3O3. The highest BCUT2D eigenvalue weighted by atomic mass is 16.5. The average molecular weight is 315 g/mol. The number of carboxylic acid groups (broad SMARTS) is 1. The molecule has 1 heterocycles. The van der Waals surface area contributed by atoms with Gasteiger partial charge in [-0.05, 0) is 23.6 Å². The molecule has 0 bridgehead atoms. The van der Waals surface area contributed by atoms with Crippen molar-refractivity contribution in [3.63, 3.8) is 0 Å². The normalized spacial score (nSPS) is 11.1. The Morgan fingerprint density at radius 2 is 2.00 bits per heavy atom. The fourth-order valence-corrected chi connectivity index (χ4v) is 2.38. The molecule has 0 atom stereocenters. The molecule has 1 aromatic carbocycles. The van der Waals surface area contributed by atoms with Crippen molar-refractivity contribution in [3.05, 3.63) is 41.7 Å². The van der Waals surface area contributed by atoms with Crippen LogP contribution >= 0.6 is 0 Å². The van der Waals surface area contributed by atoms with Crippen LogP contribution in [0.4, 0.5) is 11.4 Å². The number of carboxylic acids is 1. The maximum absolute atomic E-state index is 11.5. The maximum atomic E-state index is 11.5. The summed E-state index contributed by atoms with van der Waals surface area (Å²) in [4.78, 5) is 15.4. The Bertz CT molecular complexity index is 736.